The third kappa shape index (κ3) is 5.13. The summed E-state index contributed by atoms with van der Waals surface area (Å²) >= 11 is 0. The minimum atomic E-state index is 0.0379. The molecule has 0 unspecified atom stereocenters. The summed E-state index contributed by atoms with van der Waals surface area (Å²) in [6.45, 7) is 13.6. The van der Waals surface area contributed by atoms with Gasteiger partial charge in [0.1, 0.15) is 16.8 Å². The van der Waals surface area contributed by atoms with Crippen LogP contribution in [0.15, 0.2) is 57.4 Å². The number of aryl methyl sites for hydroxylation is 2. The van der Waals surface area contributed by atoms with E-state index >= 15 is 0 Å². The Balaban J connectivity index is 1.58. The predicted molar refractivity (Wildman–Crippen MR) is 150 cm³/mol. The molecule has 5 nitrogen and oxygen atoms in total. The Morgan fingerprint density at radius 3 is 2.32 bits per heavy atom. The second kappa shape index (κ2) is 10.0. The Kier molecular flexibility index (Phi) is 6.80. The minimum Gasteiger partial charge on any atom is -0.493 e. The predicted octanol–water partition coefficient (Wildman–Crippen LogP) is 9.18. The number of oxazole rings is 2. The normalized spacial score (nSPS) is 12.1. The molecule has 0 saturated carbocycles. The molecular formula is C32H36N2O3. The van der Waals surface area contributed by atoms with E-state index in [0.29, 0.717) is 18.4 Å². The minimum absolute atomic E-state index is 0.0379. The van der Waals surface area contributed by atoms with Crippen LogP contribution in [0.1, 0.15) is 70.1 Å². The summed E-state index contributed by atoms with van der Waals surface area (Å²) < 4.78 is 18.8. The van der Waals surface area contributed by atoms with Crippen molar-refractivity contribution in [1.82, 2.24) is 9.97 Å². The van der Waals surface area contributed by atoms with E-state index < -0.39 is 0 Å². The topological polar surface area (TPSA) is 61.3 Å². The van der Waals surface area contributed by atoms with E-state index in [1.165, 1.54) is 18.4 Å². The third-order valence-corrected chi connectivity index (χ3v) is 6.92. The fraction of sp³-hybridized carbons (Fsp3) is 0.375. The van der Waals surface area contributed by atoms with Crippen LogP contribution in [0.4, 0.5) is 0 Å². The second-order valence-electron chi connectivity index (χ2n) is 11.0. The van der Waals surface area contributed by atoms with Crippen LogP contribution in [-0.2, 0) is 5.41 Å². The van der Waals surface area contributed by atoms with Gasteiger partial charge in [0.15, 0.2) is 11.2 Å². The van der Waals surface area contributed by atoms with Gasteiger partial charge in [-0.25, -0.2) is 9.97 Å². The molecule has 0 bridgehead atoms. The quantitative estimate of drug-likeness (QED) is 0.200. The van der Waals surface area contributed by atoms with Crippen LogP contribution in [0.5, 0.6) is 5.75 Å². The SMILES string of the molecule is CCCCCCOc1cc(-c2nc3c(C)cccc3o2)c(C)cc1-c1nc2cc(C(C)(C)C)ccc2o1. The third-order valence-electron chi connectivity index (χ3n) is 6.92. The summed E-state index contributed by atoms with van der Waals surface area (Å²) in [7, 11) is 0. The van der Waals surface area contributed by atoms with Gasteiger partial charge in [-0.1, -0.05) is 65.2 Å². The van der Waals surface area contributed by atoms with Crippen molar-refractivity contribution in [2.45, 2.75) is 72.6 Å². The highest BCUT2D eigenvalue weighted by atomic mass is 16.5. The Morgan fingerprint density at radius 1 is 0.784 bits per heavy atom. The lowest BCUT2D eigenvalue weighted by Crippen LogP contribution is -2.10. The number of rotatable bonds is 8. The maximum absolute atomic E-state index is 6.36. The van der Waals surface area contributed by atoms with Gasteiger partial charge in [-0.3, -0.25) is 0 Å². The first-order chi connectivity index (χ1) is 17.7. The lowest BCUT2D eigenvalue weighted by molar-refractivity contribution is 0.305. The molecule has 0 saturated heterocycles. The Labute approximate surface area is 218 Å². The molecule has 5 aromatic rings. The van der Waals surface area contributed by atoms with E-state index in [0.717, 1.165) is 63.0 Å². The molecule has 0 aliphatic heterocycles. The van der Waals surface area contributed by atoms with Crippen LogP contribution in [0, 0.1) is 13.8 Å². The zero-order chi connectivity index (χ0) is 26.2. The van der Waals surface area contributed by atoms with Gasteiger partial charge < -0.3 is 13.6 Å². The summed E-state index contributed by atoms with van der Waals surface area (Å²) in [6, 6.07) is 16.4. The summed E-state index contributed by atoms with van der Waals surface area (Å²) in [5, 5.41) is 0. The Hall–Kier alpha value is -3.60. The highest BCUT2D eigenvalue weighted by Gasteiger charge is 2.21. The van der Waals surface area contributed by atoms with Crippen LogP contribution in [0.25, 0.3) is 45.1 Å². The maximum Gasteiger partial charge on any atom is 0.231 e. The van der Waals surface area contributed by atoms with Crippen LogP contribution >= 0.6 is 0 Å². The molecule has 0 aliphatic carbocycles. The number of fused-ring (bicyclic) bond motifs is 2. The number of hydrogen-bond donors (Lipinski definition) is 0. The second-order valence-corrected chi connectivity index (χ2v) is 11.0. The van der Waals surface area contributed by atoms with Crippen molar-refractivity contribution in [2.75, 3.05) is 6.61 Å². The van der Waals surface area contributed by atoms with Crippen molar-refractivity contribution in [2.24, 2.45) is 0 Å². The molecule has 2 heterocycles. The summed E-state index contributed by atoms with van der Waals surface area (Å²) in [5.41, 5.74) is 8.43. The van der Waals surface area contributed by atoms with Gasteiger partial charge in [0.05, 0.1) is 12.2 Å². The van der Waals surface area contributed by atoms with Gasteiger partial charge in [-0.05, 0) is 72.7 Å². The number of benzene rings is 3. The van der Waals surface area contributed by atoms with Crippen LogP contribution in [0.3, 0.4) is 0 Å². The molecule has 37 heavy (non-hydrogen) atoms. The molecule has 0 N–H and O–H groups in total. The molecule has 5 rings (SSSR count). The first kappa shape index (κ1) is 25.1. The van der Waals surface area contributed by atoms with Crippen LogP contribution in [0.2, 0.25) is 0 Å². The molecule has 192 valence electrons. The summed E-state index contributed by atoms with van der Waals surface area (Å²) in [6.07, 6.45) is 4.55. The number of hydrogen-bond acceptors (Lipinski definition) is 5. The van der Waals surface area contributed by atoms with E-state index in [1.54, 1.807) is 0 Å². The van der Waals surface area contributed by atoms with Crippen LogP contribution < -0.4 is 4.74 Å². The lowest BCUT2D eigenvalue weighted by Gasteiger charge is -2.18. The Morgan fingerprint density at radius 2 is 1.57 bits per heavy atom. The van der Waals surface area contributed by atoms with Crippen molar-refractivity contribution >= 4 is 22.2 Å². The highest BCUT2D eigenvalue weighted by Crippen LogP contribution is 2.39. The molecule has 0 radical (unpaired) electrons. The van der Waals surface area contributed by atoms with Gasteiger partial charge in [0, 0.05) is 5.56 Å². The number of aromatic nitrogens is 2. The molecule has 0 spiro atoms. The smallest absolute Gasteiger partial charge is 0.231 e. The summed E-state index contributed by atoms with van der Waals surface area (Å²) in [4.78, 5) is 9.69. The van der Waals surface area contributed by atoms with Crippen molar-refractivity contribution in [3.63, 3.8) is 0 Å². The number of para-hydroxylation sites is 1. The van der Waals surface area contributed by atoms with E-state index in [9.17, 15) is 0 Å². The number of ether oxygens (including phenoxy) is 1. The average Bonchev–Trinajstić information content (AvgIpc) is 3.48. The van der Waals surface area contributed by atoms with Gasteiger partial charge in [-0.2, -0.15) is 0 Å². The number of unbranched alkanes of at least 4 members (excludes halogenated alkanes) is 3. The fourth-order valence-corrected chi connectivity index (χ4v) is 4.63. The van der Waals surface area contributed by atoms with E-state index in [2.05, 4.69) is 52.8 Å². The fourth-order valence-electron chi connectivity index (χ4n) is 4.63. The van der Waals surface area contributed by atoms with Gasteiger partial charge in [0.2, 0.25) is 11.8 Å². The largest absolute Gasteiger partial charge is 0.493 e. The highest BCUT2D eigenvalue weighted by molar-refractivity contribution is 5.83. The first-order valence-corrected chi connectivity index (χ1v) is 13.3. The lowest BCUT2D eigenvalue weighted by atomic mass is 9.87. The van der Waals surface area contributed by atoms with E-state index in [4.69, 9.17) is 23.5 Å². The van der Waals surface area contributed by atoms with Crippen molar-refractivity contribution < 1.29 is 13.6 Å². The molecule has 2 aromatic heterocycles. The van der Waals surface area contributed by atoms with Crippen LogP contribution in [-0.4, -0.2) is 16.6 Å². The Bertz CT molecular complexity index is 1550. The van der Waals surface area contributed by atoms with Crippen molar-refractivity contribution in [3.8, 4) is 28.7 Å². The zero-order valence-electron chi connectivity index (χ0n) is 22.8. The molecule has 3 aromatic carbocycles. The molecule has 5 heteroatoms. The molecule has 0 fully saturated rings. The molecule has 0 atom stereocenters. The first-order valence-electron chi connectivity index (χ1n) is 13.3. The summed E-state index contributed by atoms with van der Waals surface area (Å²) in [5.74, 6) is 1.89. The van der Waals surface area contributed by atoms with E-state index in [-0.39, 0.29) is 5.41 Å². The molecular weight excluding hydrogens is 460 g/mol. The van der Waals surface area contributed by atoms with Gasteiger partial charge >= 0.3 is 0 Å². The van der Waals surface area contributed by atoms with Crippen molar-refractivity contribution in [3.05, 3.63) is 65.2 Å². The molecule has 0 aliphatic rings. The maximum atomic E-state index is 6.36. The van der Waals surface area contributed by atoms with Gasteiger partial charge in [0.25, 0.3) is 0 Å². The molecule has 0 amide bonds. The van der Waals surface area contributed by atoms with E-state index in [1.807, 2.05) is 37.3 Å². The van der Waals surface area contributed by atoms with Crippen molar-refractivity contribution in [1.29, 1.82) is 0 Å². The zero-order valence-corrected chi connectivity index (χ0v) is 22.8. The number of nitrogens with zero attached hydrogens (tertiary/aromatic N) is 2. The monoisotopic (exact) mass is 496 g/mol. The average molecular weight is 497 g/mol. The standard InChI is InChI=1S/C32H36N2O3/c1-7-8-9-10-16-35-28-19-23(30-34-29-20(2)12-11-13-27(29)37-30)21(3)17-24(28)31-33-25-18-22(32(4,5)6)14-15-26(25)36-31/h11-15,17-19H,7-10,16H2,1-6H3. The van der Waals surface area contributed by atoms with Gasteiger partial charge in [-0.15, -0.1) is 0 Å².